The Kier molecular flexibility index (Phi) is 3.38. The molecule has 2 atom stereocenters. The molecule has 0 radical (unpaired) electrons. The summed E-state index contributed by atoms with van der Waals surface area (Å²) in [5.41, 5.74) is 0. The Morgan fingerprint density at radius 1 is 1.77 bits per heavy atom. The van der Waals surface area contributed by atoms with Crippen LogP contribution >= 0.6 is 0 Å². The minimum absolute atomic E-state index is 0.0816. The molecule has 0 saturated carbocycles. The lowest BCUT2D eigenvalue weighted by atomic mass is 10.2. The van der Waals surface area contributed by atoms with E-state index >= 15 is 0 Å². The first kappa shape index (κ1) is 10.6. The SMILES string of the molecule is CCOC1(C)OCC(=O)C(CO)O1. The largest absolute Gasteiger partial charge is 0.393 e. The molecule has 1 N–H and O–H groups in total. The van der Waals surface area contributed by atoms with Crippen molar-refractivity contribution in [1.82, 2.24) is 0 Å². The molecule has 0 aliphatic carbocycles. The van der Waals surface area contributed by atoms with Gasteiger partial charge >= 0.3 is 0 Å². The van der Waals surface area contributed by atoms with Crippen LogP contribution in [0.3, 0.4) is 0 Å². The van der Waals surface area contributed by atoms with Gasteiger partial charge in [-0.2, -0.15) is 0 Å². The molecule has 1 saturated heterocycles. The summed E-state index contributed by atoms with van der Waals surface area (Å²) in [5.74, 6) is -1.46. The highest BCUT2D eigenvalue weighted by Gasteiger charge is 2.39. The van der Waals surface area contributed by atoms with Gasteiger partial charge in [0.2, 0.25) is 0 Å². The molecule has 1 fully saturated rings. The average molecular weight is 190 g/mol. The first-order valence-electron chi connectivity index (χ1n) is 4.20. The monoisotopic (exact) mass is 190 g/mol. The third-order valence-electron chi connectivity index (χ3n) is 1.76. The van der Waals surface area contributed by atoms with Crippen LogP contribution in [0.1, 0.15) is 13.8 Å². The van der Waals surface area contributed by atoms with Gasteiger partial charge in [-0.05, 0) is 6.92 Å². The van der Waals surface area contributed by atoms with E-state index in [1.807, 2.05) is 0 Å². The van der Waals surface area contributed by atoms with Gasteiger partial charge < -0.3 is 19.3 Å². The van der Waals surface area contributed by atoms with Crippen molar-refractivity contribution >= 4 is 5.78 Å². The third kappa shape index (κ3) is 2.47. The molecule has 0 spiro atoms. The molecule has 1 aliphatic rings. The topological polar surface area (TPSA) is 65.0 Å². The molecule has 0 bridgehead atoms. The minimum Gasteiger partial charge on any atom is -0.393 e. The molecular formula is C8H14O5. The number of hydrogen-bond donors (Lipinski definition) is 1. The molecule has 1 heterocycles. The van der Waals surface area contributed by atoms with Gasteiger partial charge in [0.15, 0.2) is 5.78 Å². The van der Waals surface area contributed by atoms with Crippen LogP contribution in [0.5, 0.6) is 0 Å². The maximum absolute atomic E-state index is 11.1. The fourth-order valence-electron chi connectivity index (χ4n) is 1.13. The maximum Gasteiger partial charge on any atom is 0.281 e. The zero-order chi connectivity index (χ0) is 9.90. The summed E-state index contributed by atoms with van der Waals surface area (Å²) >= 11 is 0. The van der Waals surface area contributed by atoms with Gasteiger partial charge in [-0.3, -0.25) is 4.79 Å². The van der Waals surface area contributed by atoms with Crippen molar-refractivity contribution in [2.45, 2.75) is 25.9 Å². The molecule has 2 unspecified atom stereocenters. The Bertz CT molecular complexity index is 193. The molecule has 0 aromatic rings. The average Bonchev–Trinajstić information content (AvgIpc) is 2.10. The van der Waals surface area contributed by atoms with Gasteiger partial charge in [0.05, 0.1) is 6.61 Å². The molecule has 5 nitrogen and oxygen atoms in total. The lowest BCUT2D eigenvalue weighted by Gasteiger charge is -2.35. The summed E-state index contributed by atoms with van der Waals surface area (Å²) in [6, 6.07) is 0. The summed E-state index contributed by atoms with van der Waals surface area (Å²) in [4.78, 5) is 11.1. The number of rotatable bonds is 3. The van der Waals surface area contributed by atoms with Crippen LogP contribution in [-0.2, 0) is 19.0 Å². The lowest BCUT2D eigenvalue weighted by molar-refractivity contribution is -0.390. The van der Waals surface area contributed by atoms with Crippen LogP contribution in [0.2, 0.25) is 0 Å². The highest BCUT2D eigenvalue weighted by Crippen LogP contribution is 2.21. The van der Waals surface area contributed by atoms with Gasteiger partial charge in [0.1, 0.15) is 12.7 Å². The molecule has 1 aliphatic heterocycles. The van der Waals surface area contributed by atoms with Crippen molar-refractivity contribution in [1.29, 1.82) is 0 Å². The van der Waals surface area contributed by atoms with Crippen LogP contribution in [-0.4, -0.2) is 42.8 Å². The number of Topliss-reactive ketones (excluding diaryl/α,β-unsaturated/α-hetero) is 1. The summed E-state index contributed by atoms with van der Waals surface area (Å²) in [7, 11) is 0. The van der Waals surface area contributed by atoms with E-state index in [0.29, 0.717) is 6.61 Å². The van der Waals surface area contributed by atoms with Crippen molar-refractivity contribution < 1.29 is 24.1 Å². The molecule has 76 valence electrons. The zero-order valence-corrected chi connectivity index (χ0v) is 7.78. The van der Waals surface area contributed by atoms with Gasteiger partial charge in [0.25, 0.3) is 5.97 Å². The van der Waals surface area contributed by atoms with E-state index in [0.717, 1.165) is 0 Å². The summed E-state index contributed by atoms with van der Waals surface area (Å²) < 4.78 is 15.3. The molecular weight excluding hydrogens is 176 g/mol. The highest BCUT2D eigenvalue weighted by atomic mass is 16.9. The second kappa shape index (κ2) is 4.15. The van der Waals surface area contributed by atoms with E-state index in [9.17, 15) is 4.79 Å². The van der Waals surface area contributed by atoms with Crippen molar-refractivity contribution in [3.63, 3.8) is 0 Å². The Balaban J connectivity index is 2.57. The van der Waals surface area contributed by atoms with E-state index in [1.54, 1.807) is 13.8 Å². The number of carbonyl (C=O) groups excluding carboxylic acids is 1. The van der Waals surface area contributed by atoms with Crippen LogP contribution in [0.25, 0.3) is 0 Å². The van der Waals surface area contributed by atoms with E-state index in [4.69, 9.17) is 19.3 Å². The van der Waals surface area contributed by atoms with E-state index in [1.165, 1.54) is 0 Å². The van der Waals surface area contributed by atoms with E-state index in [-0.39, 0.29) is 19.0 Å². The first-order valence-corrected chi connectivity index (χ1v) is 4.20. The van der Waals surface area contributed by atoms with E-state index in [2.05, 4.69) is 0 Å². The lowest BCUT2D eigenvalue weighted by Crippen LogP contribution is -2.50. The second-order valence-electron chi connectivity index (χ2n) is 2.84. The van der Waals surface area contributed by atoms with Gasteiger partial charge in [-0.15, -0.1) is 0 Å². The Morgan fingerprint density at radius 3 is 3.00 bits per heavy atom. The number of aliphatic hydroxyl groups is 1. The summed E-state index contributed by atoms with van der Waals surface area (Å²) in [6.07, 6.45) is -0.828. The minimum atomic E-state index is -1.20. The number of carbonyl (C=O) groups is 1. The van der Waals surface area contributed by atoms with Crippen LogP contribution < -0.4 is 0 Å². The normalized spacial score (nSPS) is 35.0. The standard InChI is InChI=1S/C8H14O5/c1-3-11-8(2)12-5-6(10)7(4-9)13-8/h7,9H,3-5H2,1-2H3. The Labute approximate surface area is 76.6 Å². The summed E-state index contributed by atoms with van der Waals surface area (Å²) in [6.45, 7) is 3.36. The van der Waals surface area contributed by atoms with Crippen LogP contribution in [0.4, 0.5) is 0 Å². The van der Waals surface area contributed by atoms with Crippen molar-refractivity contribution in [2.75, 3.05) is 19.8 Å². The van der Waals surface area contributed by atoms with Gasteiger partial charge in [-0.1, -0.05) is 0 Å². The van der Waals surface area contributed by atoms with Gasteiger partial charge in [-0.25, -0.2) is 0 Å². The third-order valence-corrected chi connectivity index (χ3v) is 1.76. The Hall–Kier alpha value is -0.490. The summed E-state index contributed by atoms with van der Waals surface area (Å²) in [5, 5.41) is 8.80. The van der Waals surface area contributed by atoms with Gasteiger partial charge in [0, 0.05) is 13.5 Å². The molecule has 0 aromatic heterocycles. The Morgan fingerprint density at radius 2 is 2.46 bits per heavy atom. The molecule has 1 rings (SSSR count). The molecule has 5 heteroatoms. The predicted molar refractivity (Wildman–Crippen MR) is 42.9 cm³/mol. The molecule has 13 heavy (non-hydrogen) atoms. The quantitative estimate of drug-likeness (QED) is 0.660. The number of aliphatic hydroxyl groups excluding tert-OH is 1. The van der Waals surface area contributed by atoms with Crippen LogP contribution in [0, 0.1) is 0 Å². The van der Waals surface area contributed by atoms with Crippen molar-refractivity contribution in [2.24, 2.45) is 0 Å². The van der Waals surface area contributed by atoms with E-state index < -0.39 is 12.1 Å². The number of hydrogen-bond acceptors (Lipinski definition) is 5. The number of ether oxygens (including phenoxy) is 3. The zero-order valence-electron chi connectivity index (χ0n) is 7.78. The fourth-order valence-corrected chi connectivity index (χ4v) is 1.13. The smallest absolute Gasteiger partial charge is 0.281 e. The van der Waals surface area contributed by atoms with Crippen molar-refractivity contribution in [3.8, 4) is 0 Å². The second-order valence-corrected chi connectivity index (χ2v) is 2.84. The maximum atomic E-state index is 11.1. The van der Waals surface area contributed by atoms with Crippen molar-refractivity contribution in [3.05, 3.63) is 0 Å². The highest BCUT2D eigenvalue weighted by molar-refractivity contribution is 5.84. The molecule has 0 amide bonds. The fraction of sp³-hybridized carbons (Fsp3) is 0.875. The first-order chi connectivity index (χ1) is 6.11. The predicted octanol–water partition coefficient (Wildman–Crippen LogP) is -0.327. The van der Waals surface area contributed by atoms with Crippen LogP contribution in [0.15, 0.2) is 0 Å². The molecule has 0 aromatic carbocycles. The number of ketones is 1.